The monoisotopic (exact) mass is 324 g/mol. The molecule has 0 atom stereocenters. The smallest absolute Gasteiger partial charge is 0.357 e. The average molecular weight is 325 g/mol. The predicted molar refractivity (Wildman–Crippen MR) is 81.9 cm³/mol. The average Bonchev–Trinajstić information content (AvgIpc) is 2.90. The highest BCUT2D eigenvalue weighted by molar-refractivity contribution is 7.14. The highest BCUT2D eigenvalue weighted by Crippen LogP contribution is 2.17. The van der Waals surface area contributed by atoms with E-state index in [1.165, 1.54) is 11.3 Å². The minimum atomic E-state index is -0.494. The third-order valence-corrected chi connectivity index (χ3v) is 3.52. The molecule has 0 unspecified atom stereocenters. The van der Waals surface area contributed by atoms with E-state index in [1.54, 1.807) is 36.6 Å². The number of nitrogens with one attached hydrogen (secondary N) is 1. The minimum absolute atomic E-state index is 0.198. The fraction of sp³-hybridized carbons (Fsp3) is 0.214. The summed E-state index contributed by atoms with van der Waals surface area (Å²) >= 11 is 6.96. The Kier molecular flexibility index (Phi) is 5.30. The normalized spacial score (nSPS) is 10.2. The molecule has 2 aromatic rings. The van der Waals surface area contributed by atoms with Crippen LogP contribution in [0.4, 0.5) is 5.13 Å². The van der Waals surface area contributed by atoms with Crippen LogP contribution in [0.5, 0.6) is 0 Å². The molecule has 0 saturated heterocycles. The molecule has 7 heteroatoms. The molecule has 1 amide bonds. The molecule has 110 valence electrons. The molecular formula is C14H13ClN2O3S. The third-order valence-electron chi connectivity index (χ3n) is 2.51. The van der Waals surface area contributed by atoms with Crippen LogP contribution in [0.3, 0.4) is 0 Å². The number of aromatic nitrogens is 1. The Bertz CT molecular complexity index is 640. The molecule has 5 nitrogen and oxygen atoms in total. The zero-order valence-corrected chi connectivity index (χ0v) is 12.8. The molecule has 0 bridgehead atoms. The number of carbonyl (C=O) groups is 2. The Morgan fingerprint density at radius 2 is 2.05 bits per heavy atom. The SMILES string of the molecule is CCOC(=O)c1csc(NC(=O)Cc2ccc(Cl)cc2)n1. The Morgan fingerprint density at radius 1 is 1.33 bits per heavy atom. The number of hydrogen-bond donors (Lipinski definition) is 1. The van der Waals surface area contributed by atoms with E-state index in [0.29, 0.717) is 10.2 Å². The van der Waals surface area contributed by atoms with Crippen molar-refractivity contribution in [1.82, 2.24) is 4.98 Å². The Balaban J connectivity index is 1.93. The number of carbonyl (C=O) groups excluding carboxylic acids is 2. The number of halogens is 1. The van der Waals surface area contributed by atoms with Crippen molar-refractivity contribution in [2.24, 2.45) is 0 Å². The molecule has 0 aliphatic carbocycles. The van der Waals surface area contributed by atoms with Gasteiger partial charge in [0.15, 0.2) is 10.8 Å². The number of amides is 1. The van der Waals surface area contributed by atoms with Crippen LogP contribution in [0, 0.1) is 0 Å². The number of thiazole rings is 1. The van der Waals surface area contributed by atoms with Gasteiger partial charge in [-0.1, -0.05) is 23.7 Å². The second kappa shape index (κ2) is 7.19. The van der Waals surface area contributed by atoms with E-state index in [-0.39, 0.29) is 24.6 Å². The fourth-order valence-electron chi connectivity index (χ4n) is 1.58. The van der Waals surface area contributed by atoms with Crippen molar-refractivity contribution in [3.8, 4) is 0 Å². The molecular weight excluding hydrogens is 312 g/mol. The molecule has 0 spiro atoms. The highest BCUT2D eigenvalue weighted by atomic mass is 35.5. The molecule has 21 heavy (non-hydrogen) atoms. The number of hydrogen-bond acceptors (Lipinski definition) is 5. The summed E-state index contributed by atoms with van der Waals surface area (Å²) in [7, 11) is 0. The summed E-state index contributed by atoms with van der Waals surface area (Å²) in [6, 6.07) is 7.03. The van der Waals surface area contributed by atoms with Crippen molar-refractivity contribution in [3.63, 3.8) is 0 Å². The Morgan fingerprint density at radius 3 is 2.71 bits per heavy atom. The van der Waals surface area contributed by atoms with Crippen molar-refractivity contribution in [2.45, 2.75) is 13.3 Å². The lowest BCUT2D eigenvalue weighted by molar-refractivity contribution is -0.115. The van der Waals surface area contributed by atoms with Crippen molar-refractivity contribution < 1.29 is 14.3 Å². The number of rotatable bonds is 5. The third kappa shape index (κ3) is 4.54. The van der Waals surface area contributed by atoms with Gasteiger partial charge in [0.1, 0.15) is 0 Å². The van der Waals surface area contributed by atoms with Crippen molar-refractivity contribution in [1.29, 1.82) is 0 Å². The summed E-state index contributed by atoms with van der Waals surface area (Å²) in [4.78, 5) is 27.4. The van der Waals surface area contributed by atoms with Gasteiger partial charge >= 0.3 is 5.97 Å². The van der Waals surface area contributed by atoms with Gasteiger partial charge in [0.25, 0.3) is 0 Å². The van der Waals surface area contributed by atoms with E-state index in [4.69, 9.17) is 16.3 Å². The van der Waals surface area contributed by atoms with E-state index >= 15 is 0 Å². The summed E-state index contributed by atoms with van der Waals surface area (Å²) in [6.45, 7) is 2.01. The van der Waals surface area contributed by atoms with Crippen LogP contribution in [0.2, 0.25) is 5.02 Å². The number of nitrogens with zero attached hydrogens (tertiary/aromatic N) is 1. The molecule has 0 aliphatic rings. The number of ether oxygens (including phenoxy) is 1. The second-order valence-corrected chi connectivity index (χ2v) is 5.40. The lowest BCUT2D eigenvalue weighted by Crippen LogP contribution is -2.14. The molecule has 1 N–H and O–H groups in total. The van der Waals surface area contributed by atoms with Crippen LogP contribution in [0.15, 0.2) is 29.6 Å². The van der Waals surface area contributed by atoms with Gasteiger partial charge < -0.3 is 10.1 Å². The maximum atomic E-state index is 11.9. The van der Waals surface area contributed by atoms with E-state index in [1.807, 2.05) is 0 Å². The molecule has 0 radical (unpaired) electrons. The lowest BCUT2D eigenvalue weighted by atomic mass is 10.1. The largest absolute Gasteiger partial charge is 0.461 e. The summed E-state index contributed by atoms with van der Waals surface area (Å²) in [5, 5.41) is 5.20. The second-order valence-electron chi connectivity index (χ2n) is 4.11. The topological polar surface area (TPSA) is 68.3 Å². The number of benzene rings is 1. The maximum absolute atomic E-state index is 11.9. The number of esters is 1. The Labute approximate surface area is 130 Å². The van der Waals surface area contributed by atoms with Gasteiger partial charge in [-0.2, -0.15) is 0 Å². The zero-order valence-electron chi connectivity index (χ0n) is 11.3. The fourth-order valence-corrected chi connectivity index (χ4v) is 2.40. The quantitative estimate of drug-likeness (QED) is 0.858. The van der Waals surface area contributed by atoms with Crippen molar-refractivity contribution >= 4 is 39.9 Å². The molecule has 0 saturated carbocycles. The predicted octanol–water partition coefficient (Wildman–Crippen LogP) is 3.15. The van der Waals surface area contributed by atoms with E-state index in [2.05, 4.69) is 10.3 Å². The van der Waals surface area contributed by atoms with Crippen LogP contribution in [0.25, 0.3) is 0 Å². The first-order chi connectivity index (χ1) is 10.1. The molecule has 1 heterocycles. The molecule has 1 aromatic carbocycles. The molecule has 1 aromatic heterocycles. The van der Waals surface area contributed by atoms with Gasteiger partial charge in [0, 0.05) is 10.4 Å². The standard InChI is InChI=1S/C14H13ClN2O3S/c1-2-20-13(19)11-8-21-14(16-11)17-12(18)7-9-3-5-10(15)6-4-9/h3-6,8H,2,7H2,1H3,(H,16,17,18). The van der Waals surface area contributed by atoms with Crippen LogP contribution < -0.4 is 5.32 Å². The molecule has 0 aliphatic heterocycles. The van der Waals surface area contributed by atoms with Gasteiger partial charge in [-0.25, -0.2) is 9.78 Å². The Hall–Kier alpha value is -1.92. The summed E-state index contributed by atoms with van der Waals surface area (Å²) < 4.78 is 4.83. The summed E-state index contributed by atoms with van der Waals surface area (Å²) in [6.07, 6.45) is 0.214. The van der Waals surface area contributed by atoms with Crippen LogP contribution in [-0.4, -0.2) is 23.5 Å². The van der Waals surface area contributed by atoms with Gasteiger partial charge in [0.05, 0.1) is 13.0 Å². The first kappa shape index (κ1) is 15.5. The van der Waals surface area contributed by atoms with Gasteiger partial charge in [-0.3, -0.25) is 4.79 Å². The first-order valence-corrected chi connectivity index (χ1v) is 7.51. The van der Waals surface area contributed by atoms with E-state index < -0.39 is 5.97 Å². The molecule has 0 fully saturated rings. The van der Waals surface area contributed by atoms with E-state index in [9.17, 15) is 9.59 Å². The lowest BCUT2D eigenvalue weighted by Gasteiger charge is -2.02. The summed E-state index contributed by atoms with van der Waals surface area (Å²) in [5.74, 6) is -0.700. The van der Waals surface area contributed by atoms with Gasteiger partial charge in [0.2, 0.25) is 5.91 Å². The summed E-state index contributed by atoms with van der Waals surface area (Å²) in [5.41, 5.74) is 1.04. The van der Waals surface area contributed by atoms with Crippen LogP contribution >= 0.6 is 22.9 Å². The van der Waals surface area contributed by atoms with Crippen LogP contribution in [0.1, 0.15) is 23.0 Å². The van der Waals surface area contributed by atoms with Crippen molar-refractivity contribution in [3.05, 3.63) is 45.9 Å². The minimum Gasteiger partial charge on any atom is -0.461 e. The van der Waals surface area contributed by atoms with Crippen molar-refractivity contribution in [2.75, 3.05) is 11.9 Å². The maximum Gasteiger partial charge on any atom is 0.357 e. The number of anilines is 1. The first-order valence-electron chi connectivity index (χ1n) is 6.25. The van der Waals surface area contributed by atoms with E-state index in [0.717, 1.165) is 5.56 Å². The van der Waals surface area contributed by atoms with Gasteiger partial charge in [-0.05, 0) is 24.6 Å². The highest BCUT2D eigenvalue weighted by Gasteiger charge is 2.13. The van der Waals surface area contributed by atoms with Crippen LogP contribution in [-0.2, 0) is 16.0 Å². The molecule has 2 rings (SSSR count). The zero-order chi connectivity index (χ0) is 15.2. The van der Waals surface area contributed by atoms with Gasteiger partial charge in [-0.15, -0.1) is 11.3 Å².